The Bertz CT molecular complexity index is 494. The molecular weight excluding hydrogens is 314 g/mol. The first-order valence-corrected chi connectivity index (χ1v) is 7.87. The molecular formula is C14H15BrClNO. The number of alkyl halides is 1. The Balaban J connectivity index is 1.84. The maximum Gasteiger partial charge on any atom is 0.177 e. The molecule has 1 heterocycles. The summed E-state index contributed by atoms with van der Waals surface area (Å²) in [6, 6.07) is 0. The van der Waals surface area contributed by atoms with Crippen LogP contribution in [0.5, 0.6) is 0 Å². The van der Waals surface area contributed by atoms with E-state index >= 15 is 0 Å². The van der Waals surface area contributed by atoms with Crippen LogP contribution in [-0.2, 0) is 4.79 Å². The fourth-order valence-corrected chi connectivity index (χ4v) is 5.86. The van der Waals surface area contributed by atoms with Crippen LogP contribution in [-0.4, -0.2) is 28.6 Å². The number of hydrogen-bond donors (Lipinski definition) is 0. The van der Waals surface area contributed by atoms with E-state index < -0.39 is 4.87 Å². The van der Waals surface area contributed by atoms with Gasteiger partial charge in [0.1, 0.15) is 4.87 Å². The SMILES string of the molecule is O=C1C(Br)=C(N2CCCC2)C2(Cl)C3C=CC(C3)C12. The van der Waals surface area contributed by atoms with E-state index in [2.05, 4.69) is 33.0 Å². The van der Waals surface area contributed by atoms with Gasteiger partial charge in [0, 0.05) is 19.0 Å². The zero-order valence-corrected chi connectivity index (χ0v) is 12.4. The molecule has 0 aromatic rings. The van der Waals surface area contributed by atoms with Gasteiger partial charge in [-0.3, -0.25) is 4.79 Å². The van der Waals surface area contributed by atoms with Crippen molar-refractivity contribution in [2.45, 2.75) is 24.1 Å². The molecule has 0 spiro atoms. The predicted octanol–water partition coefficient (Wildman–Crippen LogP) is 3.07. The van der Waals surface area contributed by atoms with Gasteiger partial charge in [-0.25, -0.2) is 0 Å². The number of fused-ring (bicyclic) bond motifs is 5. The molecule has 4 unspecified atom stereocenters. The minimum Gasteiger partial charge on any atom is -0.372 e. The quantitative estimate of drug-likeness (QED) is 0.544. The Hall–Kier alpha value is -0.280. The maximum absolute atomic E-state index is 12.5. The molecule has 1 saturated carbocycles. The molecule has 0 aromatic carbocycles. The summed E-state index contributed by atoms with van der Waals surface area (Å²) in [6.45, 7) is 2.08. The minimum absolute atomic E-state index is 0.0286. The van der Waals surface area contributed by atoms with E-state index in [-0.39, 0.29) is 11.7 Å². The Labute approximate surface area is 120 Å². The first-order valence-electron chi connectivity index (χ1n) is 6.70. The Morgan fingerprint density at radius 2 is 2.06 bits per heavy atom. The molecule has 0 radical (unpaired) electrons. The highest BCUT2D eigenvalue weighted by Crippen LogP contribution is 2.63. The van der Waals surface area contributed by atoms with Crippen molar-refractivity contribution < 1.29 is 4.79 Å². The molecule has 0 aromatic heterocycles. The molecule has 2 fully saturated rings. The molecule has 18 heavy (non-hydrogen) atoms. The molecule has 1 saturated heterocycles. The predicted molar refractivity (Wildman–Crippen MR) is 74.6 cm³/mol. The summed E-state index contributed by atoms with van der Waals surface area (Å²) >= 11 is 10.5. The van der Waals surface area contributed by atoms with Crippen molar-refractivity contribution in [2.75, 3.05) is 13.1 Å². The van der Waals surface area contributed by atoms with E-state index in [0.717, 1.165) is 29.7 Å². The van der Waals surface area contributed by atoms with E-state index in [1.165, 1.54) is 12.8 Å². The lowest BCUT2D eigenvalue weighted by molar-refractivity contribution is -0.118. The van der Waals surface area contributed by atoms with Gasteiger partial charge in [0.15, 0.2) is 5.78 Å². The fourth-order valence-electron chi connectivity index (χ4n) is 4.28. The number of Topliss-reactive ketones (excluding diaryl/α,β-unsaturated/α-hetero) is 1. The van der Waals surface area contributed by atoms with Gasteiger partial charge in [-0.05, 0) is 41.1 Å². The van der Waals surface area contributed by atoms with Crippen LogP contribution in [0.15, 0.2) is 22.3 Å². The zero-order valence-electron chi connectivity index (χ0n) is 10.0. The van der Waals surface area contributed by atoms with E-state index in [4.69, 9.17) is 11.6 Å². The second-order valence-corrected chi connectivity index (χ2v) is 7.28. The molecule has 1 aliphatic heterocycles. The van der Waals surface area contributed by atoms with Crippen LogP contribution in [0.25, 0.3) is 0 Å². The highest BCUT2D eigenvalue weighted by atomic mass is 79.9. The van der Waals surface area contributed by atoms with Gasteiger partial charge in [0.2, 0.25) is 0 Å². The highest BCUT2D eigenvalue weighted by molar-refractivity contribution is 9.12. The van der Waals surface area contributed by atoms with Gasteiger partial charge < -0.3 is 4.90 Å². The van der Waals surface area contributed by atoms with Crippen LogP contribution in [0.2, 0.25) is 0 Å². The lowest BCUT2D eigenvalue weighted by Gasteiger charge is -2.36. The standard InChI is InChI=1S/C14H15BrClNO/c15-11-12(18)10-8-3-4-9(7-8)14(10,16)13(11)17-5-1-2-6-17/h3-4,8-10H,1-2,5-7H2. The van der Waals surface area contributed by atoms with Crippen molar-refractivity contribution in [2.24, 2.45) is 17.8 Å². The zero-order chi connectivity index (χ0) is 12.5. The number of halogens is 2. The Kier molecular flexibility index (Phi) is 2.33. The fraction of sp³-hybridized carbons (Fsp3) is 0.643. The molecule has 4 atom stereocenters. The topological polar surface area (TPSA) is 20.3 Å². The third-order valence-corrected chi connectivity index (χ3v) is 6.49. The molecule has 3 aliphatic carbocycles. The average molecular weight is 329 g/mol. The Morgan fingerprint density at radius 1 is 1.33 bits per heavy atom. The van der Waals surface area contributed by atoms with Gasteiger partial charge in [0.25, 0.3) is 0 Å². The van der Waals surface area contributed by atoms with Crippen molar-refractivity contribution in [3.63, 3.8) is 0 Å². The molecule has 4 rings (SSSR count). The van der Waals surface area contributed by atoms with Crippen LogP contribution < -0.4 is 0 Å². The van der Waals surface area contributed by atoms with Gasteiger partial charge in [0.05, 0.1) is 16.1 Å². The molecule has 4 aliphatic rings. The number of carbonyl (C=O) groups is 1. The normalized spacial score (nSPS) is 45.6. The molecule has 0 N–H and O–H groups in total. The van der Waals surface area contributed by atoms with Crippen LogP contribution in [0.1, 0.15) is 19.3 Å². The number of likely N-dealkylation sites (tertiary alicyclic amines) is 1. The smallest absolute Gasteiger partial charge is 0.177 e. The average Bonchev–Trinajstić information content (AvgIpc) is 3.04. The van der Waals surface area contributed by atoms with Gasteiger partial charge >= 0.3 is 0 Å². The Morgan fingerprint density at radius 3 is 2.78 bits per heavy atom. The first-order chi connectivity index (χ1) is 8.64. The third kappa shape index (κ3) is 1.18. The maximum atomic E-state index is 12.5. The van der Waals surface area contributed by atoms with Crippen molar-refractivity contribution >= 4 is 33.3 Å². The summed E-state index contributed by atoms with van der Waals surface area (Å²) in [5.41, 5.74) is 1.09. The highest BCUT2D eigenvalue weighted by Gasteiger charge is 2.65. The van der Waals surface area contributed by atoms with Crippen LogP contribution in [0, 0.1) is 17.8 Å². The second kappa shape index (κ2) is 3.63. The van der Waals surface area contributed by atoms with Crippen LogP contribution in [0.4, 0.5) is 0 Å². The molecule has 96 valence electrons. The summed E-state index contributed by atoms with van der Waals surface area (Å²) in [4.78, 5) is 14.4. The van der Waals surface area contributed by atoms with Crippen molar-refractivity contribution in [1.82, 2.24) is 4.90 Å². The summed E-state index contributed by atoms with van der Waals surface area (Å²) in [5.74, 6) is 0.888. The second-order valence-electron chi connectivity index (χ2n) is 5.86. The van der Waals surface area contributed by atoms with E-state index in [0.29, 0.717) is 11.8 Å². The monoisotopic (exact) mass is 327 g/mol. The van der Waals surface area contributed by atoms with Gasteiger partial charge in [-0.15, -0.1) is 11.6 Å². The van der Waals surface area contributed by atoms with Crippen molar-refractivity contribution in [3.8, 4) is 0 Å². The summed E-state index contributed by atoms with van der Waals surface area (Å²) < 4.78 is 0.753. The number of nitrogens with zero attached hydrogens (tertiary/aromatic N) is 1. The molecule has 4 heteroatoms. The lowest BCUT2D eigenvalue weighted by atomic mass is 9.82. The minimum atomic E-state index is -0.459. The summed E-state index contributed by atoms with van der Waals surface area (Å²) in [5, 5.41) is 0. The third-order valence-electron chi connectivity index (χ3n) is 5.03. The first kappa shape index (κ1) is 11.5. The van der Waals surface area contributed by atoms with Crippen LogP contribution in [0.3, 0.4) is 0 Å². The van der Waals surface area contributed by atoms with Crippen LogP contribution >= 0.6 is 27.5 Å². The number of rotatable bonds is 1. The number of carbonyl (C=O) groups excluding carboxylic acids is 1. The molecule has 0 amide bonds. The molecule has 2 bridgehead atoms. The van der Waals surface area contributed by atoms with Gasteiger partial charge in [-0.1, -0.05) is 12.2 Å². The molecule has 2 nitrogen and oxygen atoms in total. The van der Waals surface area contributed by atoms with Crippen molar-refractivity contribution in [1.29, 1.82) is 0 Å². The largest absolute Gasteiger partial charge is 0.372 e. The lowest BCUT2D eigenvalue weighted by Crippen LogP contribution is -2.42. The number of allylic oxidation sites excluding steroid dienone is 4. The van der Waals surface area contributed by atoms with Gasteiger partial charge in [-0.2, -0.15) is 0 Å². The summed E-state index contributed by atoms with van der Waals surface area (Å²) in [7, 11) is 0. The van der Waals surface area contributed by atoms with Crippen molar-refractivity contribution in [3.05, 3.63) is 22.3 Å². The van der Waals surface area contributed by atoms with E-state index in [1.807, 2.05) is 0 Å². The van der Waals surface area contributed by atoms with E-state index in [9.17, 15) is 4.79 Å². The number of ketones is 1. The number of hydrogen-bond acceptors (Lipinski definition) is 2. The summed E-state index contributed by atoms with van der Waals surface area (Å²) in [6.07, 6.45) is 7.89. The van der Waals surface area contributed by atoms with E-state index in [1.54, 1.807) is 0 Å².